The van der Waals surface area contributed by atoms with E-state index in [9.17, 15) is 5.11 Å². The van der Waals surface area contributed by atoms with Gasteiger partial charge in [0.2, 0.25) is 0 Å². The van der Waals surface area contributed by atoms with E-state index < -0.39 is 0 Å². The van der Waals surface area contributed by atoms with Gasteiger partial charge in [0.15, 0.2) is 0 Å². The minimum atomic E-state index is 0.130. The van der Waals surface area contributed by atoms with Crippen molar-refractivity contribution >= 4 is 0 Å². The quantitative estimate of drug-likeness (QED) is 0.779. The smallest absolute Gasteiger partial charge is 0.0702 e. The first-order valence-electron chi connectivity index (χ1n) is 5.38. The van der Waals surface area contributed by atoms with Crippen molar-refractivity contribution in [1.82, 2.24) is 4.98 Å². The second-order valence-corrected chi connectivity index (χ2v) is 4.13. The summed E-state index contributed by atoms with van der Waals surface area (Å²) in [5, 5.41) is 9.32. The number of aliphatic hydroxyl groups excluding tert-OH is 1. The van der Waals surface area contributed by atoms with Gasteiger partial charge in [-0.1, -0.05) is 12.8 Å². The van der Waals surface area contributed by atoms with Crippen molar-refractivity contribution in [3.63, 3.8) is 0 Å². The van der Waals surface area contributed by atoms with Crippen LogP contribution in [-0.2, 0) is 6.61 Å². The topological polar surface area (TPSA) is 33.1 Å². The van der Waals surface area contributed by atoms with Gasteiger partial charge in [-0.25, -0.2) is 0 Å². The molecule has 0 spiro atoms. The summed E-state index contributed by atoms with van der Waals surface area (Å²) in [6.07, 6.45) is 6.96. The number of rotatable bonds is 2. The van der Waals surface area contributed by atoms with Crippen LogP contribution in [0, 0.1) is 6.92 Å². The first-order chi connectivity index (χ1) is 6.83. The molecule has 0 amide bonds. The van der Waals surface area contributed by atoms with Crippen molar-refractivity contribution in [2.45, 2.75) is 45.1 Å². The molecule has 1 heterocycles. The van der Waals surface area contributed by atoms with Crippen LogP contribution in [0.1, 0.15) is 48.4 Å². The lowest BCUT2D eigenvalue weighted by Crippen LogP contribution is -2.04. The zero-order valence-corrected chi connectivity index (χ0v) is 8.66. The molecule has 14 heavy (non-hydrogen) atoms. The molecule has 0 aromatic carbocycles. The summed E-state index contributed by atoms with van der Waals surface area (Å²) in [6, 6.07) is 1.98. The molecule has 1 aromatic rings. The van der Waals surface area contributed by atoms with E-state index in [4.69, 9.17) is 0 Å². The molecule has 0 atom stereocenters. The van der Waals surface area contributed by atoms with Crippen molar-refractivity contribution in [1.29, 1.82) is 0 Å². The fourth-order valence-electron chi connectivity index (χ4n) is 2.37. The average molecular weight is 191 g/mol. The molecular formula is C12H17NO. The van der Waals surface area contributed by atoms with E-state index in [0.717, 1.165) is 11.3 Å². The zero-order chi connectivity index (χ0) is 9.97. The van der Waals surface area contributed by atoms with Gasteiger partial charge < -0.3 is 5.11 Å². The maximum Gasteiger partial charge on any atom is 0.0702 e. The van der Waals surface area contributed by atoms with Gasteiger partial charge in [-0.3, -0.25) is 4.98 Å². The molecule has 1 N–H and O–H groups in total. The molecule has 0 bridgehead atoms. The number of aliphatic hydroxyl groups is 1. The third-order valence-electron chi connectivity index (χ3n) is 3.22. The summed E-state index contributed by atoms with van der Waals surface area (Å²) in [4.78, 5) is 4.43. The highest BCUT2D eigenvalue weighted by atomic mass is 16.3. The highest BCUT2D eigenvalue weighted by molar-refractivity contribution is 5.31. The Morgan fingerprint density at radius 1 is 1.43 bits per heavy atom. The first kappa shape index (κ1) is 9.66. The Morgan fingerprint density at radius 3 is 2.79 bits per heavy atom. The number of hydrogen-bond acceptors (Lipinski definition) is 2. The summed E-state index contributed by atoms with van der Waals surface area (Å²) in [7, 11) is 0. The number of hydrogen-bond donors (Lipinski definition) is 1. The lowest BCUT2D eigenvalue weighted by molar-refractivity contribution is 0.278. The van der Waals surface area contributed by atoms with Gasteiger partial charge in [0, 0.05) is 23.4 Å². The van der Waals surface area contributed by atoms with Gasteiger partial charge in [-0.15, -0.1) is 0 Å². The van der Waals surface area contributed by atoms with Crippen LogP contribution < -0.4 is 0 Å². The minimum Gasteiger partial charge on any atom is -0.392 e. The SMILES string of the molecule is Cc1ccnc(C2CCCC2)c1CO. The fraction of sp³-hybridized carbons (Fsp3) is 0.583. The average Bonchev–Trinajstić information content (AvgIpc) is 2.70. The van der Waals surface area contributed by atoms with Crippen LogP contribution in [0.3, 0.4) is 0 Å². The minimum absolute atomic E-state index is 0.130. The Balaban J connectivity index is 2.35. The van der Waals surface area contributed by atoms with Crippen LogP contribution in [0.15, 0.2) is 12.3 Å². The number of pyridine rings is 1. The van der Waals surface area contributed by atoms with E-state index in [1.54, 1.807) is 0 Å². The predicted octanol–water partition coefficient (Wildman–Crippen LogP) is 2.54. The fourth-order valence-corrected chi connectivity index (χ4v) is 2.37. The summed E-state index contributed by atoms with van der Waals surface area (Å²) in [5.41, 5.74) is 3.37. The lowest BCUT2D eigenvalue weighted by atomic mass is 9.96. The Hall–Kier alpha value is -0.890. The van der Waals surface area contributed by atoms with E-state index in [0.29, 0.717) is 5.92 Å². The van der Waals surface area contributed by atoms with E-state index in [1.807, 2.05) is 19.2 Å². The van der Waals surface area contributed by atoms with Crippen molar-refractivity contribution in [2.24, 2.45) is 0 Å². The Labute approximate surface area is 85.0 Å². The monoisotopic (exact) mass is 191 g/mol. The predicted molar refractivity (Wildman–Crippen MR) is 56.1 cm³/mol. The number of aromatic nitrogens is 1. The summed E-state index contributed by atoms with van der Waals surface area (Å²) >= 11 is 0. The highest BCUT2D eigenvalue weighted by Crippen LogP contribution is 2.35. The number of aryl methyl sites for hydroxylation is 1. The molecule has 0 saturated heterocycles. The molecule has 1 aromatic heterocycles. The first-order valence-corrected chi connectivity index (χ1v) is 5.38. The van der Waals surface area contributed by atoms with E-state index in [2.05, 4.69) is 4.98 Å². The maximum atomic E-state index is 9.32. The van der Waals surface area contributed by atoms with Gasteiger partial charge in [0.1, 0.15) is 0 Å². The molecule has 76 valence electrons. The second-order valence-electron chi connectivity index (χ2n) is 4.13. The van der Waals surface area contributed by atoms with Gasteiger partial charge in [-0.2, -0.15) is 0 Å². The van der Waals surface area contributed by atoms with Crippen LogP contribution in [0.2, 0.25) is 0 Å². The molecule has 0 unspecified atom stereocenters. The van der Waals surface area contributed by atoms with Gasteiger partial charge in [0.25, 0.3) is 0 Å². The maximum absolute atomic E-state index is 9.32. The Morgan fingerprint density at radius 2 is 2.14 bits per heavy atom. The molecule has 2 rings (SSSR count). The van der Waals surface area contributed by atoms with Crippen LogP contribution in [0.25, 0.3) is 0 Å². The molecule has 1 aliphatic rings. The molecular weight excluding hydrogens is 174 g/mol. The van der Waals surface area contributed by atoms with Gasteiger partial charge >= 0.3 is 0 Å². The zero-order valence-electron chi connectivity index (χ0n) is 8.66. The van der Waals surface area contributed by atoms with Crippen molar-refractivity contribution < 1.29 is 5.11 Å². The summed E-state index contributed by atoms with van der Waals surface area (Å²) in [5.74, 6) is 0.594. The highest BCUT2D eigenvalue weighted by Gasteiger charge is 2.21. The second kappa shape index (κ2) is 4.09. The molecule has 1 saturated carbocycles. The standard InChI is InChI=1S/C12H17NO/c1-9-6-7-13-12(11(9)8-14)10-4-2-3-5-10/h6-7,10,14H,2-5,8H2,1H3. The normalized spacial score (nSPS) is 17.6. The number of nitrogens with zero attached hydrogens (tertiary/aromatic N) is 1. The van der Waals surface area contributed by atoms with Crippen LogP contribution >= 0.6 is 0 Å². The van der Waals surface area contributed by atoms with Gasteiger partial charge in [0.05, 0.1) is 6.61 Å². The third-order valence-corrected chi connectivity index (χ3v) is 3.22. The van der Waals surface area contributed by atoms with E-state index >= 15 is 0 Å². The summed E-state index contributed by atoms with van der Waals surface area (Å²) < 4.78 is 0. The van der Waals surface area contributed by atoms with E-state index in [-0.39, 0.29) is 6.61 Å². The van der Waals surface area contributed by atoms with Crippen LogP contribution in [0.5, 0.6) is 0 Å². The van der Waals surface area contributed by atoms with Crippen LogP contribution in [-0.4, -0.2) is 10.1 Å². The van der Waals surface area contributed by atoms with Crippen molar-refractivity contribution in [3.05, 3.63) is 29.1 Å². The molecule has 1 fully saturated rings. The van der Waals surface area contributed by atoms with Crippen LogP contribution in [0.4, 0.5) is 0 Å². The Bertz CT molecular complexity index is 316. The lowest BCUT2D eigenvalue weighted by Gasteiger charge is -2.14. The molecule has 1 aliphatic carbocycles. The molecule has 2 nitrogen and oxygen atoms in total. The Kier molecular flexibility index (Phi) is 2.82. The van der Waals surface area contributed by atoms with Crippen molar-refractivity contribution in [3.8, 4) is 0 Å². The van der Waals surface area contributed by atoms with E-state index in [1.165, 1.54) is 31.2 Å². The van der Waals surface area contributed by atoms with Gasteiger partial charge in [-0.05, 0) is 31.4 Å². The largest absolute Gasteiger partial charge is 0.392 e. The molecule has 2 heteroatoms. The third kappa shape index (κ3) is 1.67. The summed E-state index contributed by atoms with van der Waals surface area (Å²) in [6.45, 7) is 2.18. The molecule has 0 radical (unpaired) electrons. The molecule has 0 aliphatic heterocycles. The van der Waals surface area contributed by atoms with Crippen molar-refractivity contribution in [2.75, 3.05) is 0 Å².